The van der Waals surface area contributed by atoms with Crippen LogP contribution >= 0.6 is 11.6 Å². The van der Waals surface area contributed by atoms with Crippen LogP contribution in [0.4, 0.5) is 23.3 Å². The molecule has 198 valence electrons. The smallest absolute Gasteiger partial charge is 0.229 e. The first-order valence-electron chi connectivity index (χ1n) is 12.9. The molecule has 2 aromatic heterocycles. The largest absolute Gasteiger partial charge is 0.324 e. The maximum Gasteiger partial charge on any atom is 0.229 e. The van der Waals surface area contributed by atoms with Gasteiger partial charge in [-0.25, -0.2) is 13.5 Å². The molecule has 0 radical (unpaired) electrons. The van der Waals surface area contributed by atoms with Gasteiger partial charge in [-0.1, -0.05) is 17.7 Å². The van der Waals surface area contributed by atoms with Crippen LogP contribution in [0.2, 0.25) is 5.02 Å². The van der Waals surface area contributed by atoms with Crippen LogP contribution in [0.5, 0.6) is 0 Å². The summed E-state index contributed by atoms with van der Waals surface area (Å²) >= 11 is 6.31. The van der Waals surface area contributed by atoms with Gasteiger partial charge in [-0.3, -0.25) is 5.10 Å². The summed E-state index contributed by atoms with van der Waals surface area (Å²) in [6, 6.07) is 6.38. The number of anilines is 4. The molecule has 0 aliphatic carbocycles. The molecule has 4 heterocycles. The number of aromatic nitrogens is 4. The van der Waals surface area contributed by atoms with Crippen LogP contribution in [0.3, 0.4) is 0 Å². The predicted molar refractivity (Wildman–Crippen MR) is 150 cm³/mol. The van der Waals surface area contributed by atoms with Crippen LogP contribution in [0.1, 0.15) is 47.6 Å². The highest BCUT2D eigenvalue weighted by Crippen LogP contribution is 2.34. The number of hydrogen-bond acceptors (Lipinski definition) is 7. The van der Waals surface area contributed by atoms with Gasteiger partial charge >= 0.3 is 0 Å². The molecular weight excluding hydrogens is 508 g/mol. The van der Waals surface area contributed by atoms with Gasteiger partial charge in [0.15, 0.2) is 11.6 Å². The first-order chi connectivity index (χ1) is 17.9. The minimum atomic E-state index is -0.805. The van der Waals surface area contributed by atoms with Crippen molar-refractivity contribution in [3.05, 3.63) is 51.8 Å². The molecule has 2 aliphatic heterocycles. The molecule has 1 aromatic carbocycles. The summed E-state index contributed by atoms with van der Waals surface area (Å²) in [6.45, 7) is 11.3. The number of benzene rings is 1. The van der Waals surface area contributed by atoms with Crippen LogP contribution < -0.4 is 10.6 Å². The Balaban J connectivity index is 1.20. The molecule has 3 N–H and O–H groups in total. The summed E-state index contributed by atoms with van der Waals surface area (Å²) < 4.78 is 14.4. The highest BCUT2D eigenvalue weighted by Gasteiger charge is 2.25. The lowest BCUT2D eigenvalue weighted by atomic mass is 9.85. The minimum Gasteiger partial charge on any atom is -0.324 e. The van der Waals surface area contributed by atoms with E-state index >= 15 is 0 Å². The van der Waals surface area contributed by atoms with Gasteiger partial charge in [-0.15, -0.1) is 0 Å². The highest BCUT2D eigenvalue weighted by molar-refractivity contribution is 7.82. The first-order valence-corrected chi connectivity index (χ1v) is 14.6. The Bertz CT molecular complexity index is 1270. The average molecular weight is 543 g/mol. The van der Waals surface area contributed by atoms with Crippen LogP contribution in [-0.2, 0) is 11.0 Å². The van der Waals surface area contributed by atoms with Crippen molar-refractivity contribution >= 4 is 45.9 Å². The molecule has 0 saturated carbocycles. The fourth-order valence-corrected chi connectivity index (χ4v) is 6.42. The molecule has 11 heteroatoms. The molecule has 3 aromatic rings. The molecule has 0 bridgehead atoms. The number of piperidine rings is 1. The van der Waals surface area contributed by atoms with Gasteiger partial charge < -0.3 is 15.5 Å². The van der Waals surface area contributed by atoms with Crippen molar-refractivity contribution < 1.29 is 4.21 Å². The Kier molecular flexibility index (Phi) is 8.09. The highest BCUT2D eigenvalue weighted by atomic mass is 35.5. The van der Waals surface area contributed by atoms with Gasteiger partial charge in [-0.05, 0) is 81.8 Å². The van der Waals surface area contributed by atoms with Crippen molar-refractivity contribution in [3.63, 3.8) is 0 Å². The Hall–Kier alpha value is -2.53. The molecule has 2 fully saturated rings. The molecule has 1 unspecified atom stereocenters. The molecule has 1 atom stereocenters. The maximum absolute atomic E-state index is 12.3. The van der Waals surface area contributed by atoms with Crippen molar-refractivity contribution in [1.82, 2.24) is 29.4 Å². The summed E-state index contributed by atoms with van der Waals surface area (Å²) in [5.41, 5.74) is 5.77. The Morgan fingerprint density at radius 1 is 1.08 bits per heavy atom. The van der Waals surface area contributed by atoms with Crippen molar-refractivity contribution in [3.8, 4) is 0 Å². The van der Waals surface area contributed by atoms with E-state index < -0.39 is 11.0 Å². The third-order valence-electron chi connectivity index (χ3n) is 7.27. The number of likely N-dealkylation sites (tertiary alicyclic amines) is 1. The Labute approximate surface area is 226 Å². The quantitative estimate of drug-likeness (QED) is 0.356. The summed E-state index contributed by atoms with van der Waals surface area (Å²) in [6.07, 6.45) is 5.03. The number of halogens is 1. The van der Waals surface area contributed by atoms with E-state index in [0.717, 1.165) is 68.3 Å². The lowest BCUT2D eigenvalue weighted by Crippen LogP contribution is -2.42. The Morgan fingerprint density at radius 2 is 1.86 bits per heavy atom. The fourth-order valence-electron chi connectivity index (χ4n) is 4.95. The number of hydrogen-bond donors (Lipinski definition) is 3. The second-order valence-electron chi connectivity index (χ2n) is 10.0. The predicted octanol–water partition coefficient (Wildman–Crippen LogP) is 4.81. The number of nitrogens with zero attached hydrogens (tertiary/aromatic N) is 5. The second-order valence-corrected chi connectivity index (χ2v) is 12.0. The van der Waals surface area contributed by atoms with Crippen molar-refractivity contribution in [2.24, 2.45) is 0 Å². The zero-order chi connectivity index (χ0) is 25.9. The minimum absolute atomic E-state index is 0.424. The van der Waals surface area contributed by atoms with Gasteiger partial charge in [0.25, 0.3) is 0 Å². The van der Waals surface area contributed by atoms with Gasteiger partial charge in [0.05, 0.1) is 22.9 Å². The van der Waals surface area contributed by atoms with Crippen LogP contribution in [-0.4, -0.2) is 72.1 Å². The van der Waals surface area contributed by atoms with E-state index in [4.69, 9.17) is 11.6 Å². The number of rotatable bonds is 9. The van der Waals surface area contributed by atoms with Crippen LogP contribution in [0, 0.1) is 20.8 Å². The van der Waals surface area contributed by atoms with E-state index in [1.807, 2.05) is 13.0 Å². The van der Waals surface area contributed by atoms with E-state index in [-0.39, 0.29) is 0 Å². The van der Waals surface area contributed by atoms with E-state index in [9.17, 15) is 4.21 Å². The number of aromatic amines is 1. The summed E-state index contributed by atoms with van der Waals surface area (Å²) in [7, 11) is -0.805. The van der Waals surface area contributed by atoms with Crippen molar-refractivity contribution in [2.45, 2.75) is 46.0 Å². The molecule has 37 heavy (non-hydrogen) atoms. The van der Waals surface area contributed by atoms with E-state index in [2.05, 4.69) is 66.0 Å². The summed E-state index contributed by atoms with van der Waals surface area (Å²) in [4.78, 5) is 11.4. The molecule has 2 saturated heterocycles. The number of nitrogens with one attached hydrogen (secondary N) is 3. The normalized spacial score (nSPS) is 17.9. The second kappa shape index (κ2) is 11.5. The maximum atomic E-state index is 12.3. The molecule has 5 rings (SSSR count). The third kappa shape index (κ3) is 6.31. The third-order valence-corrected chi connectivity index (χ3v) is 9.02. The zero-order valence-corrected chi connectivity index (χ0v) is 23.3. The average Bonchev–Trinajstić information content (AvgIpc) is 3.25. The number of aryl methyl sites for hydroxylation is 3. The lowest BCUT2D eigenvalue weighted by Gasteiger charge is -2.34. The van der Waals surface area contributed by atoms with Crippen LogP contribution in [0.25, 0.3) is 0 Å². The Morgan fingerprint density at radius 3 is 2.54 bits per heavy atom. The fraction of sp³-hybridized carbons (Fsp3) is 0.500. The van der Waals surface area contributed by atoms with Gasteiger partial charge in [0.1, 0.15) is 5.02 Å². The summed E-state index contributed by atoms with van der Waals surface area (Å²) in [5.74, 6) is 2.92. The molecule has 0 spiro atoms. The van der Waals surface area contributed by atoms with E-state index in [0.29, 0.717) is 28.5 Å². The van der Waals surface area contributed by atoms with Crippen molar-refractivity contribution in [1.29, 1.82) is 0 Å². The first kappa shape index (κ1) is 26.1. The standard InChI is InChI=1S/C26H35ClN8OS/c1-17-14-23(29-26-28-16-22(27)25(31-26)30-24-15-19(3)32-33-24)18(2)13-21(17)20-5-9-34(10-6-20)11-12-37(36)35-7-4-8-35/h13-16,20H,4-12H2,1-3H3,(H3,28,29,30,31,32,33). The van der Waals surface area contributed by atoms with Crippen LogP contribution in [0.15, 0.2) is 24.4 Å². The monoisotopic (exact) mass is 542 g/mol. The molecule has 0 amide bonds. The topological polar surface area (TPSA) is 102 Å². The van der Waals surface area contributed by atoms with Gasteiger partial charge in [0, 0.05) is 37.1 Å². The summed E-state index contributed by atoms with van der Waals surface area (Å²) in [5, 5.41) is 14.0. The molecule has 9 nitrogen and oxygen atoms in total. The van der Waals surface area contributed by atoms with Crippen molar-refractivity contribution in [2.75, 3.05) is 49.1 Å². The van der Waals surface area contributed by atoms with E-state index in [1.54, 1.807) is 6.20 Å². The van der Waals surface area contributed by atoms with Gasteiger partial charge in [0.2, 0.25) is 5.95 Å². The van der Waals surface area contributed by atoms with Gasteiger partial charge in [-0.2, -0.15) is 10.1 Å². The molecule has 2 aliphatic rings. The zero-order valence-electron chi connectivity index (χ0n) is 21.7. The lowest BCUT2D eigenvalue weighted by molar-refractivity contribution is 0.222. The van der Waals surface area contributed by atoms with E-state index in [1.165, 1.54) is 17.5 Å². The molecular formula is C26H35ClN8OS. The number of H-pyrrole nitrogens is 1. The SMILES string of the molecule is Cc1cc(Nc2nc(Nc3cc(C)c(C4CCN(CCS(=O)N5CCC5)CC4)cc3C)ncc2Cl)n[nH]1.